The maximum Gasteiger partial charge on any atom is 0.387 e. The van der Waals surface area contributed by atoms with Gasteiger partial charge in [0.05, 0.1) is 6.61 Å². The van der Waals surface area contributed by atoms with Crippen LogP contribution in [-0.4, -0.2) is 73.0 Å². The number of carbonyl (C=O) groups is 3. The summed E-state index contributed by atoms with van der Waals surface area (Å²) >= 11 is 12.9. The fourth-order valence-corrected chi connectivity index (χ4v) is 5.82. The third kappa shape index (κ3) is 8.88. The van der Waals surface area contributed by atoms with E-state index in [-0.39, 0.29) is 34.9 Å². The van der Waals surface area contributed by atoms with Crippen molar-refractivity contribution >= 4 is 41.0 Å². The molecule has 1 aliphatic heterocycles. The van der Waals surface area contributed by atoms with Gasteiger partial charge in [0.2, 0.25) is 0 Å². The molecule has 2 fully saturated rings. The van der Waals surface area contributed by atoms with Crippen molar-refractivity contribution in [2.75, 3.05) is 27.2 Å². The van der Waals surface area contributed by atoms with E-state index in [0.717, 1.165) is 12.8 Å². The molecule has 2 amide bonds. The lowest BCUT2D eigenvalue weighted by molar-refractivity contribution is -0.377. The molecule has 3 aromatic rings. The topological polar surface area (TPSA) is 130 Å². The van der Waals surface area contributed by atoms with Crippen LogP contribution in [0.4, 0.5) is 8.78 Å². The van der Waals surface area contributed by atoms with Gasteiger partial charge in [0.1, 0.15) is 22.2 Å². The van der Waals surface area contributed by atoms with Gasteiger partial charge < -0.3 is 29.5 Å². The number of amides is 2. The van der Waals surface area contributed by atoms with Gasteiger partial charge in [-0.15, -0.1) is 0 Å². The molecule has 0 unspecified atom stereocenters. The van der Waals surface area contributed by atoms with E-state index in [9.17, 15) is 23.2 Å². The van der Waals surface area contributed by atoms with E-state index in [1.54, 1.807) is 32.3 Å². The van der Waals surface area contributed by atoms with Crippen LogP contribution in [0.5, 0.6) is 11.5 Å². The number of H-pyrrole nitrogens is 1. The van der Waals surface area contributed by atoms with Gasteiger partial charge in [-0.2, -0.15) is 8.78 Å². The Balaban J connectivity index is 0.00000500. The highest BCUT2D eigenvalue weighted by Crippen LogP contribution is 2.38. The average Bonchev–Trinajstić information content (AvgIpc) is 3.73. The Kier molecular flexibility index (Phi) is 12.0. The Morgan fingerprint density at radius 1 is 1.00 bits per heavy atom. The number of aromatic nitrogens is 1. The lowest BCUT2D eigenvalue weighted by Crippen LogP contribution is -2.42. The van der Waals surface area contributed by atoms with Gasteiger partial charge in [-0.3, -0.25) is 9.59 Å². The molecule has 2 atom stereocenters. The van der Waals surface area contributed by atoms with Gasteiger partial charge >= 0.3 is 12.6 Å². The molecule has 47 heavy (non-hydrogen) atoms. The number of aromatic amines is 1. The van der Waals surface area contributed by atoms with Gasteiger partial charge in [-0.05, 0) is 67.5 Å². The number of alkyl halides is 2. The van der Waals surface area contributed by atoms with Crippen LogP contribution in [0.1, 0.15) is 63.6 Å². The summed E-state index contributed by atoms with van der Waals surface area (Å²) < 4.78 is 43.0. The predicted molar refractivity (Wildman–Crippen MR) is 167 cm³/mol. The first-order valence-electron chi connectivity index (χ1n) is 14.9. The molecule has 2 aromatic carbocycles. The number of hydrogen-bond acceptors (Lipinski definition) is 7. The summed E-state index contributed by atoms with van der Waals surface area (Å²) in [7, 11) is 3.24. The highest BCUT2D eigenvalue weighted by atomic mass is 35.5. The Labute approximate surface area is 280 Å². The van der Waals surface area contributed by atoms with E-state index < -0.39 is 30.6 Å². The number of hydrogen-bond donors (Lipinski definition) is 0. The molecule has 252 valence electrons. The molecule has 1 saturated heterocycles. The first kappa shape index (κ1) is 35.8. The maximum absolute atomic E-state index is 13.8. The standard InChI is InChI=1S/C33H33Cl2F2N3O6.H2O/c1-39(2)30(41)21-5-3-6-22(13-21)31(42)40-12-4-7-26(40)32(43)45-28(15-23-24(34)16-38-17-25(23)35)20-10-11-27(46-33(36)37)29(14-20)44-18-19-8-9-19;/h3,5-6,10-11,13-14,16-17,19,26,28,33H,4,7-9,12,15,18H2,1-2H3;1H2/t26-,28-;/m0./s1. The molecule has 14 heteroatoms. The fourth-order valence-electron chi connectivity index (χ4n) is 5.29. The molecule has 2 N–H and O–H groups in total. The summed E-state index contributed by atoms with van der Waals surface area (Å²) in [6.07, 6.45) is 5.05. The van der Waals surface area contributed by atoms with Crippen LogP contribution in [0.3, 0.4) is 0 Å². The molecule has 1 saturated carbocycles. The molecular formula is C33H35Cl2F2N3O7. The zero-order valence-corrected chi connectivity index (χ0v) is 27.3. The molecule has 1 aliphatic carbocycles. The van der Waals surface area contributed by atoms with Gasteiger partial charge in [0.15, 0.2) is 23.9 Å². The van der Waals surface area contributed by atoms with E-state index in [2.05, 4.69) is 9.72 Å². The number of nitrogens with zero attached hydrogens (tertiary/aromatic N) is 2. The number of esters is 1. The van der Waals surface area contributed by atoms with Crippen LogP contribution in [0.2, 0.25) is 10.0 Å². The van der Waals surface area contributed by atoms with E-state index in [1.807, 2.05) is 0 Å². The van der Waals surface area contributed by atoms with Gasteiger partial charge in [-0.25, -0.2) is 9.78 Å². The average molecular weight is 695 g/mol. The summed E-state index contributed by atoms with van der Waals surface area (Å²) in [5.41, 5.74) is 1.55. The smallest absolute Gasteiger partial charge is 0.387 e. The normalized spacial score (nSPS) is 16.3. The first-order valence-corrected chi connectivity index (χ1v) is 15.7. The largest absolute Gasteiger partial charge is 0.870 e. The van der Waals surface area contributed by atoms with Crippen molar-refractivity contribution in [3.8, 4) is 11.5 Å². The second-order valence-corrected chi connectivity index (χ2v) is 12.3. The van der Waals surface area contributed by atoms with Crippen LogP contribution >= 0.6 is 23.2 Å². The van der Waals surface area contributed by atoms with Crippen molar-refractivity contribution in [3.05, 3.63) is 87.2 Å². The molecule has 0 radical (unpaired) electrons. The molecule has 5 rings (SSSR count). The van der Waals surface area contributed by atoms with E-state index in [0.29, 0.717) is 58.6 Å². The minimum absolute atomic E-state index is 0. The molecule has 0 spiro atoms. The summed E-state index contributed by atoms with van der Waals surface area (Å²) in [6, 6.07) is 9.83. The van der Waals surface area contributed by atoms with Crippen molar-refractivity contribution in [2.24, 2.45) is 5.92 Å². The molecule has 2 aliphatic rings. The number of likely N-dealkylation sites (tertiary alicyclic amines) is 1. The number of carbonyl (C=O) groups excluding carboxylic acids is 3. The minimum atomic E-state index is -3.06. The number of nitrogens with one attached hydrogen (secondary N) is 1. The van der Waals surface area contributed by atoms with Crippen LogP contribution in [0, 0.1) is 5.92 Å². The molecule has 0 bridgehead atoms. The second kappa shape index (κ2) is 15.7. The third-order valence-electron chi connectivity index (χ3n) is 7.92. The second-order valence-electron chi connectivity index (χ2n) is 11.5. The van der Waals surface area contributed by atoms with Crippen LogP contribution in [-0.2, 0) is 16.0 Å². The van der Waals surface area contributed by atoms with Gasteiger partial charge in [0, 0.05) is 43.8 Å². The van der Waals surface area contributed by atoms with Crippen LogP contribution < -0.4 is 14.5 Å². The molecule has 2 heterocycles. The number of rotatable bonds is 12. The zero-order chi connectivity index (χ0) is 33.0. The summed E-state index contributed by atoms with van der Waals surface area (Å²) in [5.74, 6) is -1.03. The first-order chi connectivity index (χ1) is 22.0. The number of halogens is 4. The summed E-state index contributed by atoms with van der Waals surface area (Å²) in [5, 5.41) is 0.613. The molecule has 1 aromatic heterocycles. The van der Waals surface area contributed by atoms with E-state index >= 15 is 0 Å². The number of pyridine rings is 1. The number of ether oxygens (including phenoxy) is 3. The summed E-state index contributed by atoms with van der Waals surface area (Å²) in [6.45, 7) is -2.41. The van der Waals surface area contributed by atoms with Crippen LogP contribution in [0.15, 0.2) is 54.9 Å². The van der Waals surface area contributed by atoms with E-state index in [4.69, 9.17) is 32.7 Å². The highest BCUT2D eigenvalue weighted by Gasteiger charge is 2.38. The maximum atomic E-state index is 13.8. The Morgan fingerprint density at radius 3 is 2.36 bits per heavy atom. The van der Waals surface area contributed by atoms with Crippen molar-refractivity contribution in [2.45, 2.75) is 50.9 Å². The minimum Gasteiger partial charge on any atom is -0.870 e. The monoisotopic (exact) mass is 693 g/mol. The van der Waals surface area contributed by atoms with Crippen molar-refractivity contribution in [1.29, 1.82) is 0 Å². The van der Waals surface area contributed by atoms with E-state index in [1.165, 1.54) is 46.5 Å². The Bertz CT molecular complexity index is 1590. The SMILES string of the molecule is CN(C)C(=O)c1cccc(C(=O)N2CCC[C@H]2C(=O)O[C@@H](Cc2c(Cl)c[nH+]cc2Cl)c2ccc(OC(F)F)c(OCC3CC3)c2)c1.[OH-]. The summed E-state index contributed by atoms with van der Waals surface area (Å²) in [4.78, 5) is 45.6. The Morgan fingerprint density at radius 2 is 1.70 bits per heavy atom. The Hall–Kier alpha value is -4.00. The van der Waals surface area contributed by atoms with Crippen molar-refractivity contribution < 1.29 is 47.8 Å². The van der Waals surface area contributed by atoms with Gasteiger partial charge in [0.25, 0.3) is 11.8 Å². The highest BCUT2D eigenvalue weighted by molar-refractivity contribution is 6.35. The number of benzene rings is 2. The van der Waals surface area contributed by atoms with Crippen LogP contribution in [0.25, 0.3) is 0 Å². The van der Waals surface area contributed by atoms with Gasteiger partial charge in [-0.1, -0.05) is 35.3 Å². The predicted octanol–water partition coefficient (Wildman–Crippen LogP) is 5.85. The lowest BCUT2D eigenvalue weighted by atomic mass is 10.0. The zero-order valence-electron chi connectivity index (χ0n) is 25.8. The molecule has 10 nitrogen and oxygen atoms in total. The third-order valence-corrected chi connectivity index (χ3v) is 8.59. The van der Waals surface area contributed by atoms with Crippen molar-refractivity contribution in [1.82, 2.24) is 9.80 Å². The fraction of sp³-hybridized carbons (Fsp3) is 0.394. The van der Waals surface area contributed by atoms with Crippen molar-refractivity contribution in [3.63, 3.8) is 0 Å². The molecular weight excluding hydrogens is 659 g/mol. The quantitative estimate of drug-likeness (QED) is 0.218. The lowest BCUT2D eigenvalue weighted by Gasteiger charge is -2.27.